The number of non-ortho nitro benzene ring substituents is 1. The number of thiazole rings is 2. The van der Waals surface area contributed by atoms with Gasteiger partial charge >= 0.3 is 6.18 Å². The molecule has 0 unspecified atom stereocenters. The number of halogens is 3. The quantitative estimate of drug-likeness (QED) is 0.557. The minimum absolute atomic E-state index is 0.0334. The van der Waals surface area contributed by atoms with Crippen LogP contribution in [0.1, 0.15) is 14.7 Å². The zero-order chi connectivity index (χ0) is 17.6. The minimum atomic E-state index is -4.72. The van der Waals surface area contributed by atoms with Crippen LogP contribution in [0.4, 0.5) is 18.9 Å². The summed E-state index contributed by atoms with van der Waals surface area (Å²) in [7, 11) is 0. The van der Waals surface area contributed by atoms with Crippen LogP contribution in [0.3, 0.4) is 0 Å². The van der Waals surface area contributed by atoms with Gasteiger partial charge in [0.1, 0.15) is 15.6 Å². The summed E-state index contributed by atoms with van der Waals surface area (Å²) in [5.74, 6) is -1.05. The fraction of sp³-hybridized carbons (Fsp3) is 0.0833. The monoisotopic (exact) mass is 374 g/mol. The predicted octanol–water partition coefficient (Wildman–Crippen LogP) is 3.45. The van der Waals surface area contributed by atoms with E-state index in [4.69, 9.17) is 5.73 Å². The molecule has 124 valence electrons. The van der Waals surface area contributed by atoms with Gasteiger partial charge in [0.25, 0.3) is 11.6 Å². The fourth-order valence-electron chi connectivity index (χ4n) is 1.88. The van der Waals surface area contributed by atoms with E-state index < -0.39 is 22.0 Å². The van der Waals surface area contributed by atoms with Crippen LogP contribution in [0.25, 0.3) is 20.9 Å². The predicted molar refractivity (Wildman–Crippen MR) is 80.9 cm³/mol. The summed E-state index contributed by atoms with van der Waals surface area (Å²) in [4.78, 5) is 28.7. The van der Waals surface area contributed by atoms with Gasteiger partial charge in [-0.25, -0.2) is 9.97 Å². The van der Waals surface area contributed by atoms with Crippen molar-refractivity contribution in [2.45, 2.75) is 6.18 Å². The van der Waals surface area contributed by atoms with Gasteiger partial charge in [-0.05, 0) is 6.07 Å². The largest absolute Gasteiger partial charge is 0.443 e. The zero-order valence-corrected chi connectivity index (χ0v) is 13.0. The number of carbonyl (C=O) groups is 1. The number of hydrogen-bond acceptors (Lipinski definition) is 7. The van der Waals surface area contributed by atoms with E-state index in [-0.39, 0.29) is 32.6 Å². The van der Waals surface area contributed by atoms with Gasteiger partial charge in [0.05, 0.1) is 15.1 Å². The van der Waals surface area contributed by atoms with Crippen LogP contribution in [-0.4, -0.2) is 20.8 Å². The van der Waals surface area contributed by atoms with Crippen LogP contribution in [0.5, 0.6) is 0 Å². The first-order valence-electron chi connectivity index (χ1n) is 6.10. The Balaban J connectivity index is 2.18. The normalized spacial score (nSPS) is 11.8. The number of nitrogens with two attached hydrogens (primary N) is 1. The molecular weight excluding hydrogens is 369 g/mol. The highest BCUT2D eigenvalue weighted by Crippen LogP contribution is 2.40. The molecule has 0 fully saturated rings. The van der Waals surface area contributed by atoms with E-state index in [1.807, 2.05) is 0 Å². The molecule has 0 aliphatic heterocycles. The summed E-state index contributed by atoms with van der Waals surface area (Å²) in [6.07, 6.45) is -4.72. The molecule has 2 aromatic heterocycles. The van der Waals surface area contributed by atoms with Crippen molar-refractivity contribution in [2.24, 2.45) is 5.73 Å². The molecule has 0 spiro atoms. The second-order valence-corrected chi connectivity index (χ2v) is 6.52. The standard InChI is InChI=1S/C12H5F3N4O3S2/c13-12(14,15)11-18-7(8(24-11)9(16)20)10-17-5-2-1-4(19(21)22)3-6(5)23-10/h1-3H,(H2,16,20). The Labute approximate surface area is 138 Å². The molecule has 0 aliphatic rings. The Bertz CT molecular complexity index is 980. The number of aromatic nitrogens is 2. The van der Waals surface area contributed by atoms with Crippen molar-refractivity contribution in [3.63, 3.8) is 0 Å². The van der Waals surface area contributed by atoms with Crippen molar-refractivity contribution in [3.05, 3.63) is 38.2 Å². The number of alkyl halides is 3. The van der Waals surface area contributed by atoms with E-state index in [0.717, 1.165) is 11.3 Å². The first-order valence-corrected chi connectivity index (χ1v) is 7.73. The Hall–Kier alpha value is -2.60. The molecule has 7 nitrogen and oxygen atoms in total. The Morgan fingerprint density at radius 1 is 1.25 bits per heavy atom. The van der Waals surface area contributed by atoms with Gasteiger partial charge < -0.3 is 5.73 Å². The van der Waals surface area contributed by atoms with Crippen molar-refractivity contribution in [3.8, 4) is 10.7 Å². The summed E-state index contributed by atoms with van der Waals surface area (Å²) >= 11 is 1.03. The van der Waals surface area contributed by atoms with Crippen LogP contribution >= 0.6 is 22.7 Å². The van der Waals surface area contributed by atoms with Gasteiger partial charge in [-0.3, -0.25) is 14.9 Å². The SMILES string of the molecule is NC(=O)c1sc(C(F)(F)F)nc1-c1nc2ccc([N+](=O)[O-])cc2s1. The van der Waals surface area contributed by atoms with Crippen molar-refractivity contribution >= 4 is 44.5 Å². The molecule has 0 saturated heterocycles. The molecule has 3 rings (SSSR count). The lowest BCUT2D eigenvalue weighted by Gasteiger charge is -1.98. The highest BCUT2D eigenvalue weighted by molar-refractivity contribution is 7.22. The topological polar surface area (TPSA) is 112 Å². The lowest BCUT2D eigenvalue weighted by Crippen LogP contribution is -2.10. The number of nitro groups is 1. The number of fused-ring (bicyclic) bond motifs is 1. The van der Waals surface area contributed by atoms with E-state index in [0.29, 0.717) is 10.2 Å². The third kappa shape index (κ3) is 2.80. The first kappa shape index (κ1) is 16.3. The number of nitro benzene ring substituents is 1. The highest BCUT2D eigenvalue weighted by Gasteiger charge is 2.37. The summed E-state index contributed by atoms with van der Waals surface area (Å²) in [5.41, 5.74) is 5.01. The molecule has 0 radical (unpaired) electrons. The molecule has 0 atom stereocenters. The summed E-state index contributed by atoms with van der Waals surface area (Å²) in [6.45, 7) is 0. The maximum atomic E-state index is 12.8. The Morgan fingerprint density at radius 2 is 1.96 bits per heavy atom. The summed E-state index contributed by atoms with van der Waals surface area (Å²) in [5, 5.41) is 9.59. The van der Waals surface area contributed by atoms with Crippen LogP contribution in [0.15, 0.2) is 18.2 Å². The molecule has 2 heterocycles. The van der Waals surface area contributed by atoms with E-state index in [1.54, 1.807) is 0 Å². The second kappa shape index (κ2) is 5.49. The van der Waals surface area contributed by atoms with Gasteiger partial charge in [-0.2, -0.15) is 13.2 Å². The summed E-state index contributed by atoms with van der Waals surface area (Å²) in [6, 6.07) is 3.84. The number of primary amides is 1. The van der Waals surface area contributed by atoms with Gasteiger partial charge in [0.15, 0.2) is 5.01 Å². The van der Waals surface area contributed by atoms with E-state index in [9.17, 15) is 28.1 Å². The number of benzene rings is 1. The number of rotatable bonds is 3. The molecule has 12 heteroatoms. The first-order chi connectivity index (χ1) is 11.2. The van der Waals surface area contributed by atoms with Crippen molar-refractivity contribution in [2.75, 3.05) is 0 Å². The molecule has 0 aliphatic carbocycles. The van der Waals surface area contributed by atoms with Gasteiger partial charge in [-0.15, -0.1) is 22.7 Å². The van der Waals surface area contributed by atoms with E-state index >= 15 is 0 Å². The third-order valence-electron chi connectivity index (χ3n) is 2.88. The second-order valence-electron chi connectivity index (χ2n) is 4.49. The molecule has 24 heavy (non-hydrogen) atoms. The molecule has 1 aromatic carbocycles. The average molecular weight is 374 g/mol. The molecule has 0 saturated carbocycles. The lowest BCUT2D eigenvalue weighted by atomic mass is 10.3. The average Bonchev–Trinajstić information content (AvgIpc) is 3.09. The van der Waals surface area contributed by atoms with E-state index in [1.165, 1.54) is 18.2 Å². The molecular formula is C12H5F3N4O3S2. The maximum absolute atomic E-state index is 12.8. The van der Waals surface area contributed by atoms with Crippen LogP contribution in [-0.2, 0) is 6.18 Å². The lowest BCUT2D eigenvalue weighted by molar-refractivity contribution is -0.384. The number of hydrogen-bond donors (Lipinski definition) is 1. The van der Waals surface area contributed by atoms with Gasteiger partial charge in [0, 0.05) is 12.1 Å². The zero-order valence-electron chi connectivity index (χ0n) is 11.3. The summed E-state index contributed by atoms with van der Waals surface area (Å²) < 4.78 is 38.8. The van der Waals surface area contributed by atoms with Crippen LogP contribution < -0.4 is 5.73 Å². The molecule has 3 aromatic rings. The fourth-order valence-corrected chi connectivity index (χ4v) is 3.73. The van der Waals surface area contributed by atoms with Crippen molar-refractivity contribution < 1.29 is 22.9 Å². The van der Waals surface area contributed by atoms with Crippen LogP contribution in [0, 0.1) is 10.1 Å². The van der Waals surface area contributed by atoms with Crippen molar-refractivity contribution in [1.82, 2.24) is 9.97 Å². The van der Waals surface area contributed by atoms with Crippen LogP contribution in [0.2, 0.25) is 0 Å². The van der Waals surface area contributed by atoms with Crippen molar-refractivity contribution in [1.29, 1.82) is 0 Å². The molecule has 2 N–H and O–H groups in total. The highest BCUT2D eigenvalue weighted by atomic mass is 32.1. The molecule has 1 amide bonds. The van der Waals surface area contributed by atoms with Gasteiger partial charge in [0.2, 0.25) is 0 Å². The third-order valence-corrected chi connectivity index (χ3v) is 5.02. The number of carbonyl (C=O) groups excluding carboxylic acids is 1. The minimum Gasteiger partial charge on any atom is -0.365 e. The van der Waals surface area contributed by atoms with E-state index in [2.05, 4.69) is 9.97 Å². The Morgan fingerprint density at radius 3 is 2.54 bits per heavy atom. The maximum Gasteiger partial charge on any atom is 0.443 e. The number of amides is 1. The smallest absolute Gasteiger partial charge is 0.365 e. The molecule has 0 bridgehead atoms. The number of nitrogens with zero attached hydrogens (tertiary/aromatic N) is 3. The Kier molecular flexibility index (Phi) is 3.72. The van der Waals surface area contributed by atoms with Gasteiger partial charge in [-0.1, -0.05) is 0 Å².